The first-order valence-electron chi connectivity index (χ1n) is 11.9. The number of tetrazole rings is 1. The Kier molecular flexibility index (Phi) is 7.03. The Labute approximate surface area is 202 Å². The van der Waals surface area contributed by atoms with E-state index in [2.05, 4.69) is 31.5 Å². The second-order valence-corrected chi connectivity index (χ2v) is 8.94. The molecule has 184 valence electrons. The van der Waals surface area contributed by atoms with Crippen molar-refractivity contribution >= 4 is 10.9 Å². The van der Waals surface area contributed by atoms with Crippen molar-refractivity contribution in [2.24, 2.45) is 0 Å². The highest BCUT2D eigenvalue weighted by Crippen LogP contribution is 2.30. The number of nitrogens with one attached hydrogen (secondary N) is 1. The van der Waals surface area contributed by atoms with Crippen LogP contribution in [0.3, 0.4) is 0 Å². The molecule has 0 spiro atoms. The highest BCUT2D eigenvalue weighted by molar-refractivity contribution is 5.79. The quantitative estimate of drug-likeness (QED) is 0.370. The van der Waals surface area contributed by atoms with Crippen LogP contribution in [-0.2, 0) is 22.6 Å². The van der Waals surface area contributed by atoms with Crippen LogP contribution < -0.4 is 5.56 Å². The number of methoxy groups -OCH3 is 1. The summed E-state index contributed by atoms with van der Waals surface area (Å²) in [5.41, 5.74) is 2.30. The van der Waals surface area contributed by atoms with E-state index in [-0.39, 0.29) is 11.7 Å². The van der Waals surface area contributed by atoms with E-state index in [1.165, 1.54) is 0 Å². The molecular formula is C25H30N6O4. The summed E-state index contributed by atoms with van der Waals surface area (Å²) < 4.78 is 18.7. The number of aryl methyl sites for hydroxylation is 1. The number of H-pyrrole nitrogens is 1. The molecule has 5 rings (SSSR count). The predicted octanol–water partition coefficient (Wildman–Crippen LogP) is 2.83. The molecule has 4 heterocycles. The van der Waals surface area contributed by atoms with E-state index in [4.69, 9.17) is 13.9 Å². The van der Waals surface area contributed by atoms with Gasteiger partial charge in [0.2, 0.25) is 0 Å². The van der Waals surface area contributed by atoms with Crippen LogP contribution in [0.4, 0.5) is 0 Å². The van der Waals surface area contributed by atoms with Crippen molar-refractivity contribution in [2.45, 2.75) is 45.0 Å². The number of nitrogens with zero attached hydrogens (tertiary/aromatic N) is 5. The maximum Gasteiger partial charge on any atom is 0.253 e. The third-order valence-corrected chi connectivity index (χ3v) is 6.40. The summed E-state index contributed by atoms with van der Waals surface area (Å²) in [7, 11) is 1.64. The SMILES string of the molecule is COCCn1nnnc1[C@H](c1cc2cc(C)ccc2[nH]c1=O)N(Cc1ccco1)C[C@@H]1CCCO1. The number of aromatic amines is 1. The van der Waals surface area contributed by atoms with Crippen LogP contribution in [0.1, 0.15) is 41.6 Å². The lowest BCUT2D eigenvalue weighted by Crippen LogP contribution is -2.39. The molecule has 1 aliphatic heterocycles. The highest BCUT2D eigenvalue weighted by atomic mass is 16.5. The number of furan rings is 1. The molecule has 1 fully saturated rings. The van der Waals surface area contributed by atoms with Crippen LogP contribution in [0.5, 0.6) is 0 Å². The molecule has 3 aromatic heterocycles. The summed E-state index contributed by atoms with van der Waals surface area (Å²) in [6.07, 6.45) is 3.69. The summed E-state index contributed by atoms with van der Waals surface area (Å²) in [4.78, 5) is 18.7. The van der Waals surface area contributed by atoms with E-state index in [0.29, 0.717) is 37.6 Å². The lowest BCUT2D eigenvalue weighted by atomic mass is 10.0. The third-order valence-electron chi connectivity index (χ3n) is 6.40. The molecule has 2 atom stereocenters. The van der Waals surface area contributed by atoms with Gasteiger partial charge in [-0.3, -0.25) is 9.69 Å². The van der Waals surface area contributed by atoms with E-state index < -0.39 is 6.04 Å². The monoisotopic (exact) mass is 478 g/mol. The number of aromatic nitrogens is 5. The van der Waals surface area contributed by atoms with Crippen molar-refractivity contribution in [3.8, 4) is 0 Å². The van der Waals surface area contributed by atoms with Crippen LogP contribution >= 0.6 is 0 Å². The molecule has 35 heavy (non-hydrogen) atoms. The summed E-state index contributed by atoms with van der Waals surface area (Å²) in [5.74, 6) is 1.36. The maximum absolute atomic E-state index is 13.5. The van der Waals surface area contributed by atoms with Crippen molar-refractivity contribution < 1.29 is 13.9 Å². The second kappa shape index (κ2) is 10.5. The Morgan fingerprint density at radius 2 is 2.23 bits per heavy atom. The van der Waals surface area contributed by atoms with Gasteiger partial charge in [-0.05, 0) is 65.9 Å². The van der Waals surface area contributed by atoms with Gasteiger partial charge in [0.05, 0.1) is 32.1 Å². The summed E-state index contributed by atoms with van der Waals surface area (Å²) in [6.45, 7) is 4.77. The normalized spacial score (nSPS) is 16.9. The first-order chi connectivity index (χ1) is 17.1. The number of hydrogen-bond acceptors (Lipinski definition) is 8. The van der Waals surface area contributed by atoms with Gasteiger partial charge >= 0.3 is 0 Å². The Morgan fingerprint density at radius 1 is 1.31 bits per heavy atom. The van der Waals surface area contributed by atoms with Gasteiger partial charge in [-0.25, -0.2) is 4.68 Å². The maximum atomic E-state index is 13.5. The minimum atomic E-state index is -0.523. The summed E-state index contributed by atoms with van der Waals surface area (Å²) in [5, 5.41) is 13.5. The molecule has 0 radical (unpaired) electrons. The number of ether oxygens (including phenoxy) is 2. The zero-order chi connectivity index (χ0) is 24.2. The summed E-state index contributed by atoms with van der Waals surface area (Å²) >= 11 is 0. The number of fused-ring (bicyclic) bond motifs is 1. The standard InChI is InChI=1S/C25H30N6O4/c1-17-7-8-22-18(13-17)14-21(25(32)26-22)23(24-27-28-29-31(24)9-12-33-2)30(15-19-5-3-10-34-19)16-20-6-4-11-35-20/h3,5,7-8,10,13-14,20,23H,4,6,9,11-12,15-16H2,1-2H3,(H,26,32)/t20-,23-/m0/s1. The number of hydrogen-bond donors (Lipinski definition) is 1. The minimum absolute atomic E-state index is 0.0533. The lowest BCUT2D eigenvalue weighted by Gasteiger charge is -2.32. The topological polar surface area (TPSA) is 111 Å². The molecule has 1 N–H and O–H groups in total. The average molecular weight is 479 g/mol. The van der Waals surface area contributed by atoms with Crippen LogP contribution in [0.15, 0.2) is 51.9 Å². The minimum Gasteiger partial charge on any atom is -0.468 e. The Bertz CT molecular complexity index is 1310. The fourth-order valence-corrected chi connectivity index (χ4v) is 4.70. The van der Waals surface area contributed by atoms with Crippen LogP contribution in [0.25, 0.3) is 10.9 Å². The van der Waals surface area contributed by atoms with Crippen LogP contribution in [0, 0.1) is 6.92 Å². The fourth-order valence-electron chi connectivity index (χ4n) is 4.70. The fraction of sp³-hybridized carbons (Fsp3) is 0.440. The summed E-state index contributed by atoms with van der Waals surface area (Å²) in [6, 6.07) is 11.2. The van der Waals surface area contributed by atoms with Crippen molar-refractivity contribution in [1.82, 2.24) is 30.1 Å². The Hall–Kier alpha value is -3.34. The van der Waals surface area contributed by atoms with Gasteiger partial charge in [0, 0.05) is 31.3 Å². The van der Waals surface area contributed by atoms with Gasteiger partial charge in [0.1, 0.15) is 11.8 Å². The molecule has 0 aliphatic carbocycles. The van der Waals surface area contributed by atoms with E-state index in [1.54, 1.807) is 18.1 Å². The van der Waals surface area contributed by atoms with E-state index in [1.807, 2.05) is 37.3 Å². The van der Waals surface area contributed by atoms with Crippen molar-refractivity contribution in [2.75, 3.05) is 26.9 Å². The highest BCUT2D eigenvalue weighted by Gasteiger charge is 2.33. The Morgan fingerprint density at radius 3 is 3.00 bits per heavy atom. The van der Waals surface area contributed by atoms with Crippen LogP contribution in [-0.4, -0.2) is 63.1 Å². The molecule has 0 unspecified atom stereocenters. The van der Waals surface area contributed by atoms with Crippen molar-refractivity contribution in [1.29, 1.82) is 0 Å². The molecule has 1 aromatic carbocycles. The number of rotatable bonds is 10. The van der Waals surface area contributed by atoms with Gasteiger partial charge in [0.15, 0.2) is 5.82 Å². The van der Waals surface area contributed by atoms with Crippen molar-refractivity contribution in [3.63, 3.8) is 0 Å². The van der Waals surface area contributed by atoms with Gasteiger partial charge < -0.3 is 18.9 Å². The smallest absolute Gasteiger partial charge is 0.253 e. The Balaban J connectivity index is 1.65. The molecule has 0 amide bonds. The molecule has 10 heteroatoms. The van der Waals surface area contributed by atoms with E-state index in [9.17, 15) is 4.79 Å². The lowest BCUT2D eigenvalue weighted by molar-refractivity contribution is 0.0541. The first kappa shape index (κ1) is 23.4. The molecule has 1 saturated heterocycles. The molecule has 10 nitrogen and oxygen atoms in total. The zero-order valence-corrected chi connectivity index (χ0v) is 20.0. The molecule has 0 saturated carbocycles. The van der Waals surface area contributed by atoms with E-state index in [0.717, 1.165) is 41.7 Å². The van der Waals surface area contributed by atoms with Gasteiger partial charge in [0.25, 0.3) is 5.56 Å². The average Bonchev–Trinajstić information content (AvgIpc) is 3.62. The van der Waals surface area contributed by atoms with Gasteiger partial charge in [-0.2, -0.15) is 0 Å². The zero-order valence-electron chi connectivity index (χ0n) is 20.0. The van der Waals surface area contributed by atoms with Gasteiger partial charge in [-0.1, -0.05) is 11.6 Å². The molecule has 1 aliphatic rings. The second-order valence-electron chi connectivity index (χ2n) is 8.94. The van der Waals surface area contributed by atoms with Gasteiger partial charge in [-0.15, -0.1) is 5.10 Å². The number of benzene rings is 1. The molecule has 0 bridgehead atoms. The van der Waals surface area contributed by atoms with Crippen molar-refractivity contribution in [3.05, 3.63) is 75.7 Å². The largest absolute Gasteiger partial charge is 0.468 e. The van der Waals surface area contributed by atoms with E-state index >= 15 is 0 Å². The van der Waals surface area contributed by atoms with Crippen LogP contribution in [0.2, 0.25) is 0 Å². The molecular weight excluding hydrogens is 448 g/mol. The molecule has 4 aromatic rings. The predicted molar refractivity (Wildman–Crippen MR) is 129 cm³/mol. The first-order valence-corrected chi connectivity index (χ1v) is 11.9. The number of pyridine rings is 1. The third kappa shape index (κ3) is 5.19.